The van der Waals surface area contributed by atoms with Gasteiger partial charge in [0.1, 0.15) is 0 Å². The molecule has 0 fully saturated rings. The predicted octanol–water partition coefficient (Wildman–Crippen LogP) is 6.93. The van der Waals surface area contributed by atoms with Crippen molar-refractivity contribution in [2.75, 3.05) is 11.5 Å². The van der Waals surface area contributed by atoms with Crippen molar-refractivity contribution in [2.24, 2.45) is 0 Å². The zero-order valence-electron chi connectivity index (χ0n) is 20.0. The molecule has 2 atom stereocenters. The fraction of sp³-hybridized carbons (Fsp3) is 0.500. The lowest BCUT2D eigenvalue weighted by Gasteiger charge is -2.25. The number of carboxylic acid groups (broad SMARTS) is 2. The summed E-state index contributed by atoms with van der Waals surface area (Å²) < 4.78 is 0. The molecule has 33 heavy (non-hydrogen) atoms. The summed E-state index contributed by atoms with van der Waals surface area (Å²) in [5.41, 5.74) is 0.105. The van der Waals surface area contributed by atoms with Gasteiger partial charge in [-0.15, -0.1) is 0 Å². The average Bonchev–Trinajstić information content (AvgIpc) is 2.83. The largest absolute Gasteiger partial charge is 0.481 e. The molecule has 2 aromatic rings. The molecule has 0 radical (unpaired) electrons. The Hall–Kier alpha value is -2.27. The Morgan fingerprint density at radius 2 is 1.00 bits per heavy atom. The van der Waals surface area contributed by atoms with Crippen LogP contribution in [0.2, 0.25) is 0 Å². The maximum Gasteiger partial charge on any atom is 0.313 e. The number of thioether (sulfide) groups is 1. The average molecular weight is 471 g/mol. The van der Waals surface area contributed by atoms with Gasteiger partial charge in [0.15, 0.2) is 0 Å². The number of benzene rings is 2. The molecule has 2 aromatic carbocycles. The first-order valence-electron chi connectivity index (χ1n) is 12.0. The molecular formula is C28H38O4S. The number of aliphatic carboxylic acids is 2. The van der Waals surface area contributed by atoms with E-state index in [0.29, 0.717) is 12.8 Å². The van der Waals surface area contributed by atoms with Crippen molar-refractivity contribution in [1.29, 1.82) is 0 Å². The van der Waals surface area contributed by atoms with Crippen LogP contribution in [0.25, 0.3) is 0 Å². The van der Waals surface area contributed by atoms with Gasteiger partial charge in [-0.3, -0.25) is 9.59 Å². The summed E-state index contributed by atoms with van der Waals surface area (Å²) in [6, 6.07) is 19.0. The Morgan fingerprint density at radius 3 is 1.33 bits per heavy atom. The van der Waals surface area contributed by atoms with E-state index >= 15 is 0 Å². The number of hydrogen-bond donors (Lipinski definition) is 2. The molecule has 4 nitrogen and oxygen atoms in total. The Bertz CT molecular complexity index is 783. The highest BCUT2D eigenvalue weighted by molar-refractivity contribution is 7.99. The van der Waals surface area contributed by atoms with Crippen LogP contribution in [0.4, 0.5) is 0 Å². The van der Waals surface area contributed by atoms with Crippen molar-refractivity contribution in [3.05, 3.63) is 71.8 Å². The number of unbranched alkanes of at least 4 members (excludes halogenated alkanes) is 4. The van der Waals surface area contributed by atoms with E-state index in [1.54, 1.807) is 0 Å². The van der Waals surface area contributed by atoms with E-state index < -0.39 is 22.8 Å². The van der Waals surface area contributed by atoms with Crippen LogP contribution in [0, 0.1) is 0 Å². The highest BCUT2D eigenvalue weighted by Gasteiger charge is 2.35. The second kappa shape index (κ2) is 13.4. The second-order valence-electron chi connectivity index (χ2n) is 9.24. The van der Waals surface area contributed by atoms with Gasteiger partial charge in [-0.25, -0.2) is 0 Å². The van der Waals surface area contributed by atoms with E-state index in [2.05, 4.69) is 0 Å². The van der Waals surface area contributed by atoms with Crippen LogP contribution in [-0.2, 0) is 20.4 Å². The lowest BCUT2D eigenvalue weighted by molar-refractivity contribution is -0.144. The van der Waals surface area contributed by atoms with E-state index in [1.165, 1.54) is 0 Å². The summed E-state index contributed by atoms with van der Waals surface area (Å²) in [6.07, 6.45) is 7.40. The summed E-state index contributed by atoms with van der Waals surface area (Å²) in [5.74, 6) is 0.668. The third-order valence-corrected chi connectivity index (χ3v) is 7.85. The SMILES string of the molecule is CC(CCCCCSCCCCCC(C)(C(=O)O)c1ccccc1)(C(=O)O)c1ccccc1. The fourth-order valence-corrected chi connectivity index (χ4v) is 5.20. The molecule has 0 aliphatic rings. The normalized spacial score (nSPS) is 14.8. The predicted molar refractivity (Wildman–Crippen MR) is 137 cm³/mol. The minimum Gasteiger partial charge on any atom is -0.481 e. The Kier molecular flexibility index (Phi) is 11.0. The van der Waals surface area contributed by atoms with Gasteiger partial charge in [-0.1, -0.05) is 86.3 Å². The number of carbonyl (C=O) groups is 2. The standard InChI is InChI=1S/C28H38O4S/c1-27(25(29)30,23-15-7-3-8-16-23)19-11-5-13-21-33-22-14-6-12-20-28(2,26(31)32)24-17-9-4-10-18-24/h3-4,7-10,15-18H,5-6,11-14,19-22H2,1-2H3,(H,29,30)(H,31,32). The van der Waals surface area contributed by atoms with Gasteiger partial charge in [0.2, 0.25) is 0 Å². The van der Waals surface area contributed by atoms with E-state index in [0.717, 1.165) is 61.2 Å². The summed E-state index contributed by atoms with van der Waals surface area (Å²) in [7, 11) is 0. The summed E-state index contributed by atoms with van der Waals surface area (Å²) in [5, 5.41) is 19.5. The van der Waals surface area contributed by atoms with E-state index in [4.69, 9.17) is 0 Å². The highest BCUT2D eigenvalue weighted by atomic mass is 32.2. The lowest BCUT2D eigenvalue weighted by Crippen LogP contribution is -2.32. The van der Waals surface area contributed by atoms with Gasteiger partial charge in [-0.2, -0.15) is 11.8 Å². The molecule has 0 aliphatic carbocycles. The maximum absolute atomic E-state index is 11.9. The van der Waals surface area contributed by atoms with Gasteiger partial charge in [0.25, 0.3) is 0 Å². The Morgan fingerprint density at radius 1 is 0.636 bits per heavy atom. The molecule has 0 amide bonds. The van der Waals surface area contributed by atoms with E-state index in [-0.39, 0.29) is 0 Å². The van der Waals surface area contributed by atoms with Crippen molar-refractivity contribution >= 4 is 23.7 Å². The van der Waals surface area contributed by atoms with Crippen LogP contribution in [0.15, 0.2) is 60.7 Å². The first-order chi connectivity index (χ1) is 15.8. The van der Waals surface area contributed by atoms with Gasteiger partial charge in [0.05, 0.1) is 10.8 Å². The first-order valence-corrected chi connectivity index (χ1v) is 13.1. The molecule has 0 spiro atoms. The molecule has 0 heterocycles. The Balaban J connectivity index is 1.58. The molecular weight excluding hydrogens is 432 g/mol. The Labute approximate surface area is 202 Å². The van der Waals surface area contributed by atoms with Crippen LogP contribution in [0.3, 0.4) is 0 Å². The summed E-state index contributed by atoms with van der Waals surface area (Å²) >= 11 is 1.94. The molecule has 0 aromatic heterocycles. The van der Waals surface area contributed by atoms with Crippen molar-refractivity contribution in [2.45, 2.75) is 76.0 Å². The highest BCUT2D eigenvalue weighted by Crippen LogP contribution is 2.31. The van der Waals surface area contributed by atoms with Crippen LogP contribution in [0.5, 0.6) is 0 Å². The minimum atomic E-state index is -0.821. The van der Waals surface area contributed by atoms with Crippen LogP contribution >= 0.6 is 11.8 Å². The zero-order chi connectivity index (χ0) is 24.2. The van der Waals surface area contributed by atoms with Crippen molar-refractivity contribution in [1.82, 2.24) is 0 Å². The minimum absolute atomic E-state index is 0.654. The quantitative estimate of drug-likeness (QED) is 0.260. The number of hydrogen-bond acceptors (Lipinski definition) is 3. The molecule has 0 saturated carbocycles. The molecule has 2 rings (SSSR count). The van der Waals surface area contributed by atoms with Gasteiger partial charge in [0, 0.05) is 0 Å². The third kappa shape index (κ3) is 7.92. The zero-order valence-corrected chi connectivity index (χ0v) is 20.8. The van der Waals surface area contributed by atoms with E-state index in [9.17, 15) is 19.8 Å². The lowest BCUT2D eigenvalue weighted by atomic mass is 9.78. The second-order valence-corrected chi connectivity index (χ2v) is 10.5. The summed E-state index contributed by atoms with van der Waals surface area (Å²) in [6.45, 7) is 3.65. The molecule has 2 unspecified atom stereocenters. The van der Waals surface area contributed by atoms with Crippen molar-refractivity contribution < 1.29 is 19.8 Å². The van der Waals surface area contributed by atoms with Crippen molar-refractivity contribution in [3.8, 4) is 0 Å². The van der Waals surface area contributed by atoms with Crippen LogP contribution in [-0.4, -0.2) is 33.7 Å². The van der Waals surface area contributed by atoms with Gasteiger partial charge < -0.3 is 10.2 Å². The van der Waals surface area contributed by atoms with Gasteiger partial charge >= 0.3 is 11.9 Å². The topological polar surface area (TPSA) is 74.6 Å². The van der Waals surface area contributed by atoms with Crippen molar-refractivity contribution in [3.63, 3.8) is 0 Å². The number of rotatable bonds is 16. The summed E-state index contributed by atoms with van der Waals surface area (Å²) in [4.78, 5) is 23.7. The monoisotopic (exact) mass is 470 g/mol. The van der Waals surface area contributed by atoms with Crippen LogP contribution < -0.4 is 0 Å². The molecule has 0 saturated heterocycles. The molecule has 2 N–H and O–H groups in total. The number of carboxylic acids is 2. The van der Waals surface area contributed by atoms with Gasteiger partial charge in [-0.05, 0) is 62.2 Å². The fourth-order valence-electron chi connectivity index (χ4n) is 4.18. The smallest absolute Gasteiger partial charge is 0.313 e. The molecule has 5 heteroatoms. The maximum atomic E-state index is 11.9. The molecule has 180 valence electrons. The first kappa shape index (κ1) is 27.0. The third-order valence-electron chi connectivity index (χ3n) is 6.70. The van der Waals surface area contributed by atoms with E-state index in [1.807, 2.05) is 86.3 Å². The molecule has 0 bridgehead atoms. The molecule has 0 aliphatic heterocycles. The van der Waals surface area contributed by atoms with Crippen LogP contribution in [0.1, 0.15) is 76.3 Å².